The van der Waals surface area contributed by atoms with Gasteiger partial charge in [-0.3, -0.25) is 0 Å². The lowest BCUT2D eigenvalue weighted by Gasteiger charge is -2.16. The average Bonchev–Trinajstić information content (AvgIpc) is 2.73. The third-order valence-corrected chi connectivity index (χ3v) is 4.04. The van der Waals surface area contributed by atoms with E-state index in [-0.39, 0.29) is 16.7 Å². The number of hydrogen-bond acceptors (Lipinski definition) is 2. The van der Waals surface area contributed by atoms with Crippen molar-refractivity contribution in [1.82, 2.24) is 0 Å². The molecular weight excluding hydrogens is 289 g/mol. The molecule has 0 saturated heterocycles. The second-order valence-electron chi connectivity index (χ2n) is 6.06. The highest BCUT2D eigenvalue weighted by Gasteiger charge is 2.30. The molecular formula is C17H17ClFNO. The zero-order valence-electron chi connectivity index (χ0n) is 12.0. The van der Waals surface area contributed by atoms with Crippen molar-refractivity contribution in [3.63, 3.8) is 0 Å². The van der Waals surface area contributed by atoms with E-state index in [9.17, 15) is 4.39 Å². The maximum Gasteiger partial charge on any atom is 0.141 e. The van der Waals surface area contributed by atoms with E-state index in [1.807, 2.05) is 12.1 Å². The SMILES string of the molecule is CC1(C)Cc2cc(C(N)c3ccc(F)c(Cl)c3)ccc2O1. The van der Waals surface area contributed by atoms with Crippen LogP contribution < -0.4 is 10.5 Å². The number of halogens is 2. The van der Waals surface area contributed by atoms with Crippen molar-refractivity contribution in [3.8, 4) is 5.75 Å². The third-order valence-electron chi connectivity index (χ3n) is 3.75. The van der Waals surface area contributed by atoms with Gasteiger partial charge in [0, 0.05) is 6.42 Å². The smallest absolute Gasteiger partial charge is 0.141 e. The van der Waals surface area contributed by atoms with Crippen LogP contribution in [0.4, 0.5) is 4.39 Å². The minimum Gasteiger partial charge on any atom is -0.487 e. The molecule has 1 aliphatic rings. The van der Waals surface area contributed by atoms with Gasteiger partial charge in [-0.25, -0.2) is 4.39 Å². The van der Waals surface area contributed by atoms with Crippen molar-refractivity contribution in [1.29, 1.82) is 0 Å². The van der Waals surface area contributed by atoms with Crippen molar-refractivity contribution in [2.75, 3.05) is 0 Å². The molecule has 1 aliphatic heterocycles. The molecule has 0 fully saturated rings. The molecule has 1 heterocycles. The molecule has 21 heavy (non-hydrogen) atoms. The van der Waals surface area contributed by atoms with Gasteiger partial charge in [0.2, 0.25) is 0 Å². The first-order valence-corrected chi connectivity index (χ1v) is 7.26. The molecule has 0 aromatic heterocycles. The molecule has 2 aromatic rings. The summed E-state index contributed by atoms with van der Waals surface area (Å²) in [5.74, 6) is 0.477. The molecule has 0 spiro atoms. The Morgan fingerprint density at radius 3 is 2.57 bits per heavy atom. The monoisotopic (exact) mass is 305 g/mol. The van der Waals surface area contributed by atoms with Crippen molar-refractivity contribution in [2.45, 2.75) is 31.9 Å². The average molecular weight is 306 g/mol. The van der Waals surface area contributed by atoms with Crippen LogP contribution in [0.2, 0.25) is 5.02 Å². The van der Waals surface area contributed by atoms with Gasteiger partial charge in [0.1, 0.15) is 17.2 Å². The predicted molar refractivity (Wildman–Crippen MR) is 82.3 cm³/mol. The zero-order valence-corrected chi connectivity index (χ0v) is 12.7. The van der Waals surface area contributed by atoms with Gasteiger partial charge in [0.05, 0.1) is 11.1 Å². The Balaban J connectivity index is 1.93. The highest BCUT2D eigenvalue weighted by atomic mass is 35.5. The minimum atomic E-state index is -0.434. The first-order valence-electron chi connectivity index (χ1n) is 6.88. The molecule has 2 aromatic carbocycles. The lowest BCUT2D eigenvalue weighted by atomic mass is 9.95. The fourth-order valence-corrected chi connectivity index (χ4v) is 2.91. The van der Waals surface area contributed by atoms with Crippen LogP contribution in [-0.2, 0) is 6.42 Å². The van der Waals surface area contributed by atoms with E-state index in [4.69, 9.17) is 22.1 Å². The summed E-state index contributed by atoms with van der Waals surface area (Å²) in [7, 11) is 0. The summed E-state index contributed by atoms with van der Waals surface area (Å²) in [4.78, 5) is 0. The largest absolute Gasteiger partial charge is 0.487 e. The number of hydrogen-bond donors (Lipinski definition) is 1. The first kappa shape index (κ1) is 14.4. The fourth-order valence-electron chi connectivity index (χ4n) is 2.72. The topological polar surface area (TPSA) is 35.2 Å². The van der Waals surface area contributed by atoms with Crippen LogP contribution in [-0.4, -0.2) is 5.60 Å². The molecule has 0 amide bonds. The highest BCUT2D eigenvalue weighted by molar-refractivity contribution is 6.30. The Labute approximate surface area is 128 Å². The number of rotatable bonds is 2. The summed E-state index contributed by atoms with van der Waals surface area (Å²) in [6.45, 7) is 4.12. The summed E-state index contributed by atoms with van der Waals surface area (Å²) in [5, 5.41) is 0.0913. The zero-order chi connectivity index (χ0) is 15.2. The van der Waals surface area contributed by atoms with Crippen LogP contribution in [0.3, 0.4) is 0 Å². The molecule has 3 rings (SSSR count). The maximum atomic E-state index is 13.2. The van der Waals surface area contributed by atoms with Gasteiger partial charge in [-0.1, -0.05) is 29.8 Å². The normalized spacial score (nSPS) is 17.2. The van der Waals surface area contributed by atoms with E-state index >= 15 is 0 Å². The Bertz CT molecular complexity index is 699. The molecule has 110 valence electrons. The quantitative estimate of drug-likeness (QED) is 0.900. The van der Waals surface area contributed by atoms with E-state index < -0.39 is 5.82 Å². The van der Waals surface area contributed by atoms with Crippen molar-refractivity contribution < 1.29 is 9.13 Å². The Hall–Kier alpha value is -1.58. The molecule has 0 saturated carbocycles. The van der Waals surface area contributed by atoms with Crippen LogP contribution in [0, 0.1) is 5.82 Å². The third kappa shape index (κ3) is 2.76. The van der Waals surface area contributed by atoms with Crippen LogP contribution in [0.25, 0.3) is 0 Å². The summed E-state index contributed by atoms with van der Waals surface area (Å²) < 4.78 is 19.1. The van der Waals surface area contributed by atoms with Crippen molar-refractivity contribution in [3.05, 3.63) is 63.9 Å². The van der Waals surface area contributed by atoms with Gasteiger partial charge in [-0.05, 0) is 48.7 Å². The first-order chi connectivity index (χ1) is 9.85. The maximum absolute atomic E-state index is 13.2. The van der Waals surface area contributed by atoms with Crippen LogP contribution in [0.1, 0.15) is 36.6 Å². The second-order valence-corrected chi connectivity index (χ2v) is 6.46. The van der Waals surface area contributed by atoms with Gasteiger partial charge in [-0.15, -0.1) is 0 Å². The summed E-state index contributed by atoms with van der Waals surface area (Å²) in [6, 6.07) is 10.2. The lowest BCUT2D eigenvalue weighted by molar-refractivity contribution is 0.138. The van der Waals surface area contributed by atoms with Crippen molar-refractivity contribution in [2.24, 2.45) is 5.73 Å². The van der Waals surface area contributed by atoms with E-state index in [2.05, 4.69) is 19.9 Å². The fraction of sp³-hybridized carbons (Fsp3) is 0.294. The molecule has 0 aliphatic carbocycles. The van der Waals surface area contributed by atoms with E-state index in [1.165, 1.54) is 6.07 Å². The Kier molecular flexibility index (Phi) is 3.42. The van der Waals surface area contributed by atoms with Gasteiger partial charge in [0.25, 0.3) is 0 Å². The Morgan fingerprint density at radius 2 is 1.86 bits per heavy atom. The van der Waals surface area contributed by atoms with Crippen LogP contribution >= 0.6 is 11.6 Å². The lowest BCUT2D eigenvalue weighted by Crippen LogP contribution is -2.24. The summed E-state index contributed by atoms with van der Waals surface area (Å²) in [6.07, 6.45) is 0.854. The summed E-state index contributed by atoms with van der Waals surface area (Å²) in [5.41, 5.74) is 9.01. The standard InChI is InChI=1S/C17H17ClFNO/c1-17(2)9-12-7-10(4-6-15(12)21-17)16(20)11-3-5-14(19)13(18)8-11/h3-8,16H,9,20H2,1-2H3. The van der Waals surface area contributed by atoms with Gasteiger partial charge in [-0.2, -0.15) is 0 Å². The highest BCUT2D eigenvalue weighted by Crippen LogP contribution is 2.36. The van der Waals surface area contributed by atoms with E-state index in [0.29, 0.717) is 0 Å². The molecule has 2 nitrogen and oxygen atoms in total. The van der Waals surface area contributed by atoms with Crippen LogP contribution in [0.15, 0.2) is 36.4 Å². The van der Waals surface area contributed by atoms with E-state index in [1.54, 1.807) is 12.1 Å². The second kappa shape index (κ2) is 5.00. The van der Waals surface area contributed by atoms with Crippen molar-refractivity contribution >= 4 is 11.6 Å². The van der Waals surface area contributed by atoms with Gasteiger partial charge >= 0.3 is 0 Å². The Morgan fingerprint density at radius 1 is 1.19 bits per heavy atom. The number of benzene rings is 2. The van der Waals surface area contributed by atoms with Gasteiger partial charge in [0.15, 0.2) is 0 Å². The number of nitrogens with two attached hydrogens (primary N) is 1. The molecule has 0 radical (unpaired) electrons. The molecule has 0 bridgehead atoms. The summed E-state index contributed by atoms with van der Waals surface area (Å²) >= 11 is 5.83. The molecule has 4 heteroatoms. The number of fused-ring (bicyclic) bond motifs is 1. The minimum absolute atomic E-state index is 0.0913. The van der Waals surface area contributed by atoms with Gasteiger partial charge < -0.3 is 10.5 Å². The molecule has 2 N–H and O–H groups in total. The van der Waals surface area contributed by atoms with E-state index in [0.717, 1.165) is 28.9 Å². The molecule has 1 unspecified atom stereocenters. The van der Waals surface area contributed by atoms with Crippen LogP contribution in [0.5, 0.6) is 5.75 Å². The number of ether oxygens (including phenoxy) is 1. The predicted octanol–water partition coefficient (Wildman–Crippen LogP) is 4.24. The molecule has 1 atom stereocenters.